The smallest absolute Gasteiger partial charge is 0.338 e. The number of nitrogens with one attached hydrogen (secondary N) is 2. The van der Waals surface area contributed by atoms with Gasteiger partial charge in [0, 0.05) is 31.5 Å². The van der Waals surface area contributed by atoms with E-state index in [1.165, 1.54) is 0 Å². The molecule has 0 radical (unpaired) electrons. The van der Waals surface area contributed by atoms with Gasteiger partial charge in [0.2, 0.25) is 11.8 Å². The summed E-state index contributed by atoms with van der Waals surface area (Å²) < 4.78 is 17.9. The van der Waals surface area contributed by atoms with Crippen molar-refractivity contribution < 1.29 is 33.4 Å². The summed E-state index contributed by atoms with van der Waals surface area (Å²) in [6.07, 6.45) is 4.38. The molecule has 5 aromatic rings. The van der Waals surface area contributed by atoms with E-state index in [1.54, 1.807) is 24.3 Å². The van der Waals surface area contributed by atoms with Gasteiger partial charge in [-0.2, -0.15) is 0 Å². The molecule has 0 aromatic heterocycles. The van der Waals surface area contributed by atoms with Gasteiger partial charge in [-0.05, 0) is 85.3 Å². The van der Waals surface area contributed by atoms with Crippen LogP contribution in [0.2, 0.25) is 0 Å². The maximum Gasteiger partial charge on any atom is 0.338 e. The minimum atomic E-state index is -0.653. The first-order valence-corrected chi connectivity index (χ1v) is 19.3. The van der Waals surface area contributed by atoms with Crippen LogP contribution in [0.3, 0.4) is 0 Å². The zero-order valence-electron chi connectivity index (χ0n) is 32.3. The Morgan fingerprint density at radius 3 is 1.93 bits per heavy atom. The van der Waals surface area contributed by atoms with E-state index in [4.69, 9.17) is 14.2 Å². The van der Waals surface area contributed by atoms with Crippen molar-refractivity contribution in [2.45, 2.75) is 64.3 Å². The van der Waals surface area contributed by atoms with Crippen molar-refractivity contribution >= 4 is 41.6 Å². The summed E-state index contributed by atoms with van der Waals surface area (Å²) >= 11 is 0. The van der Waals surface area contributed by atoms with Crippen molar-refractivity contribution in [1.82, 2.24) is 5.32 Å². The van der Waals surface area contributed by atoms with Crippen LogP contribution in [-0.2, 0) is 30.2 Å². The average Bonchev–Trinajstić information content (AvgIpc) is 3.63. The normalized spacial score (nSPS) is 16.2. The van der Waals surface area contributed by atoms with Crippen molar-refractivity contribution in [1.29, 1.82) is 0 Å². The lowest BCUT2D eigenvalue weighted by molar-refractivity contribution is -0.121. The molecule has 1 aliphatic heterocycles. The van der Waals surface area contributed by atoms with E-state index < -0.39 is 24.1 Å². The monoisotopic (exact) mass is 764 g/mol. The van der Waals surface area contributed by atoms with Crippen molar-refractivity contribution in [2.75, 3.05) is 18.5 Å². The Hall–Kier alpha value is -6.32. The van der Waals surface area contributed by atoms with Crippen LogP contribution < -0.4 is 10.6 Å². The summed E-state index contributed by atoms with van der Waals surface area (Å²) in [5.41, 5.74) is 7.74. The molecule has 0 spiro atoms. The number of ether oxygens (including phenoxy) is 3. The molecule has 2 amide bonds. The maximum absolute atomic E-state index is 13.1. The van der Waals surface area contributed by atoms with Crippen LogP contribution in [0.1, 0.15) is 85.9 Å². The van der Waals surface area contributed by atoms with Crippen molar-refractivity contribution in [3.8, 4) is 0 Å². The third-order valence-corrected chi connectivity index (χ3v) is 9.77. The second kappa shape index (κ2) is 20.0. The highest BCUT2D eigenvalue weighted by molar-refractivity contribution is 5.91. The van der Waals surface area contributed by atoms with Gasteiger partial charge in [0.25, 0.3) is 0 Å². The highest BCUT2D eigenvalue weighted by Crippen LogP contribution is 2.36. The van der Waals surface area contributed by atoms with E-state index in [-0.39, 0.29) is 37.4 Å². The molecule has 9 nitrogen and oxygen atoms in total. The standard InChI is InChI=1S/C48H48N2O7/c1-33-11-21-39(22-12-33)47(53)55-32-44-43(57-48(54)40-23-13-34(2)14-24-40)31-42(56-44)38-25-17-37(18-26-38)29-30-49-45(51)9-6-10-46(52)50-41-27-19-36(20-28-41)16-15-35-7-4-3-5-8-35/h3-5,7-8,11-28,42-44H,6,9-10,29-32H2,1-2H3,(H,49,51)(H,50,52)/t42?,43-,44+/m0/s1. The number of amides is 2. The summed E-state index contributed by atoms with van der Waals surface area (Å²) in [4.78, 5) is 50.8. The first-order chi connectivity index (χ1) is 27.7. The number of hydrogen-bond acceptors (Lipinski definition) is 7. The maximum atomic E-state index is 13.1. The Morgan fingerprint density at radius 2 is 1.28 bits per heavy atom. The molecule has 1 saturated heterocycles. The topological polar surface area (TPSA) is 120 Å². The summed E-state index contributed by atoms with van der Waals surface area (Å²) in [5, 5.41) is 5.85. The molecule has 5 aromatic carbocycles. The Morgan fingerprint density at radius 1 is 0.684 bits per heavy atom. The fourth-order valence-corrected chi connectivity index (χ4v) is 6.43. The van der Waals surface area contributed by atoms with Crippen LogP contribution in [0.25, 0.3) is 12.2 Å². The Bertz CT molecular complexity index is 2130. The molecule has 9 heteroatoms. The second-order valence-electron chi connectivity index (χ2n) is 14.3. The molecule has 1 unspecified atom stereocenters. The van der Waals surface area contributed by atoms with Gasteiger partial charge in [-0.25, -0.2) is 9.59 Å². The SMILES string of the molecule is Cc1ccc(C(=O)OC[C@H]2OC(c3ccc(CCNC(=O)CCCC(=O)Nc4ccc(C=Cc5ccccc5)cc4)cc3)C[C@@H]2OC(=O)c2ccc(C)cc2)cc1. The van der Waals surface area contributed by atoms with E-state index in [2.05, 4.69) is 10.6 Å². The number of hydrogen-bond donors (Lipinski definition) is 2. The number of aryl methyl sites for hydroxylation is 2. The molecular formula is C48H48N2O7. The number of carbonyl (C=O) groups is 4. The second-order valence-corrected chi connectivity index (χ2v) is 14.3. The highest BCUT2D eigenvalue weighted by atomic mass is 16.6. The van der Waals surface area contributed by atoms with E-state index in [0.29, 0.717) is 42.6 Å². The first-order valence-electron chi connectivity index (χ1n) is 19.3. The van der Waals surface area contributed by atoms with Crippen LogP contribution in [-0.4, -0.2) is 49.1 Å². The largest absolute Gasteiger partial charge is 0.459 e. The van der Waals surface area contributed by atoms with Crippen molar-refractivity contribution in [2.24, 2.45) is 0 Å². The molecular weight excluding hydrogens is 717 g/mol. The number of carbonyl (C=O) groups excluding carboxylic acids is 4. The Kier molecular flexibility index (Phi) is 14.2. The van der Waals surface area contributed by atoms with Crippen molar-refractivity contribution in [3.05, 3.63) is 172 Å². The minimum absolute atomic E-state index is 0.0702. The fraction of sp³-hybridized carbons (Fsp3) is 0.250. The van der Waals surface area contributed by atoms with Crippen LogP contribution in [0.15, 0.2) is 127 Å². The molecule has 1 aliphatic rings. The van der Waals surface area contributed by atoms with Gasteiger partial charge in [-0.1, -0.05) is 114 Å². The van der Waals surface area contributed by atoms with E-state index in [9.17, 15) is 19.2 Å². The third-order valence-electron chi connectivity index (χ3n) is 9.77. The molecule has 0 saturated carbocycles. The molecule has 1 fully saturated rings. The van der Waals surface area contributed by atoms with E-state index in [1.807, 2.05) is 129 Å². The van der Waals surface area contributed by atoms with Crippen LogP contribution >= 0.6 is 0 Å². The van der Waals surface area contributed by atoms with E-state index in [0.717, 1.165) is 33.4 Å². The minimum Gasteiger partial charge on any atom is -0.459 e. The summed E-state index contributed by atoms with van der Waals surface area (Å²) in [6.45, 7) is 4.28. The van der Waals surface area contributed by atoms with Crippen LogP contribution in [0.5, 0.6) is 0 Å². The van der Waals surface area contributed by atoms with E-state index >= 15 is 0 Å². The fourth-order valence-electron chi connectivity index (χ4n) is 6.43. The number of anilines is 1. The predicted molar refractivity (Wildman–Crippen MR) is 222 cm³/mol. The summed E-state index contributed by atoms with van der Waals surface area (Å²) in [5.74, 6) is -1.17. The molecule has 3 atom stereocenters. The third kappa shape index (κ3) is 12.3. The quantitative estimate of drug-likeness (QED) is 0.0761. The van der Waals surface area contributed by atoms with Gasteiger partial charge in [0.1, 0.15) is 18.8 Å². The first kappa shape index (κ1) is 40.3. The summed E-state index contributed by atoms with van der Waals surface area (Å²) in [6, 6.07) is 39.9. The van der Waals surface area contributed by atoms with Gasteiger partial charge in [-0.3, -0.25) is 9.59 Å². The predicted octanol–water partition coefficient (Wildman–Crippen LogP) is 8.85. The Balaban J connectivity index is 0.929. The Labute approximate surface area is 334 Å². The molecule has 0 aliphatic carbocycles. The lowest BCUT2D eigenvalue weighted by Gasteiger charge is -2.19. The van der Waals surface area contributed by atoms with Gasteiger partial charge in [0.05, 0.1) is 17.2 Å². The lowest BCUT2D eigenvalue weighted by Crippen LogP contribution is -2.32. The van der Waals surface area contributed by atoms with Gasteiger partial charge in [0.15, 0.2) is 0 Å². The zero-order chi connectivity index (χ0) is 40.0. The van der Waals surface area contributed by atoms with Crippen LogP contribution in [0, 0.1) is 13.8 Å². The molecule has 1 heterocycles. The van der Waals surface area contributed by atoms with Gasteiger partial charge in [-0.15, -0.1) is 0 Å². The highest BCUT2D eigenvalue weighted by Gasteiger charge is 2.39. The molecule has 0 bridgehead atoms. The van der Waals surface area contributed by atoms with Crippen LogP contribution in [0.4, 0.5) is 5.69 Å². The molecule has 292 valence electrons. The molecule has 6 rings (SSSR count). The summed E-state index contributed by atoms with van der Waals surface area (Å²) in [7, 11) is 0. The number of rotatable bonds is 16. The number of benzene rings is 5. The average molecular weight is 765 g/mol. The molecule has 57 heavy (non-hydrogen) atoms. The zero-order valence-corrected chi connectivity index (χ0v) is 32.3. The number of esters is 2. The lowest BCUT2D eigenvalue weighted by atomic mass is 10.0. The van der Waals surface area contributed by atoms with Gasteiger partial charge >= 0.3 is 11.9 Å². The van der Waals surface area contributed by atoms with Crippen molar-refractivity contribution in [3.63, 3.8) is 0 Å². The van der Waals surface area contributed by atoms with Gasteiger partial charge < -0.3 is 24.8 Å². The molecule has 2 N–H and O–H groups in total.